The molecule has 0 bridgehead atoms. The van der Waals surface area contributed by atoms with Crippen LogP contribution in [0, 0.1) is 10.7 Å². The zero-order valence-electron chi connectivity index (χ0n) is 7.99. The van der Waals surface area contributed by atoms with Gasteiger partial charge in [0.15, 0.2) is 0 Å². The van der Waals surface area contributed by atoms with Crippen LogP contribution in [-0.2, 0) is 4.79 Å². The number of hydrogen-bond donors (Lipinski definition) is 0. The lowest BCUT2D eigenvalue weighted by atomic mass is 10.3. The van der Waals surface area contributed by atoms with Crippen molar-refractivity contribution >= 4 is 17.7 Å². The molecule has 0 N–H and O–H groups in total. The van der Waals surface area contributed by atoms with Crippen molar-refractivity contribution in [2.24, 2.45) is 0 Å². The van der Waals surface area contributed by atoms with Crippen molar-refractivity contribution < 1.29 is 4.79 Å². The number of nitriles is 1. The highest BCUT2D eigenvalue weighted by molar-refractivity contribution is 8.06. The number of nitrogens with zero attached hydrogens (tertiary/aromatic N) is 2. The summed E-state index contributed by atoms with van der Waals surface area (Å²) in [6, 6.07) is 0. The van der Waals surface area contributed by atoms with Crippen LogP contribution >= 0.6 is 11.8 Å². The van der Waals surface area contributed by atoms with Gasteiger partial charge < -0.3 is 4.90 Å². The molecule has 0 spiro atoms. The second-order valence-electron chi connectivity index (χ2n) is 2.63. The van der Waals surface area contributed by atoms with Crippen molar-refractivity contribution in [2.45, 2.75) is 19.8 Å². The molecule has 0 unspecified atom stereocenters. The molecule has 1 amide bonds. The highest BCUT2D eigenvalue weighted by Gasteiger charge is 2.02. The summed E-state index contributed by atoms with van der Waals surface area (Å²) in [6.45, 7) is 2.86. The average molecular weight is 198 g/mol. The maximum absolute atomic E-state index is 11.2. The van der Waals surface area contributed by atoms with Crippen molar-refractivity contribution in [3.8, 4) is 5.40 Å². The van der Waals surface area contributed by atoms with E-state index in [1.807, 2.05) is 5.40 Å². The van der Waals surface area contributed by atoms with Crippen LogP contribution in [0.4, 0.5) is 0 Å². The van der Waals surface area contributed by atoms with E-state index in [9.17, 15) is 4.79 Å². The first-order chi connectivity index (χ1) is 6.22. The predicted octanol–water partition coefficient (Wildman–Crippen LogP) is 1.97. The third kappa shape index (κ3) is 6.23. The van der Waals surface area contributed by atoms with E-state index in [1.54, 1.807) is 11.9 Å². The zero-order chi connectivity index (χ0) is 10.1. The van der Waals surface area contributed by atoms with Crippen molar-refractivity contribution in [1.82, 2.24) is 4.90 Å². The molecule has 13 heavy (non-hydrogen) atoms. The second kappa shape index (κ2) is 7.69. The second-order valence-corrected chi connectivity index (χ2v) is 3.32. The summed E-state index contributed by atoms with van der Waals surface area (Å²) in [5.74, 6) is -0.0452. The first-order valence-electron chi connectivity index (χ1n) is 4.18. The third-order valence-electron chi connectivity index (χ3n) is 1.55. The molecule has 0 aromatic rings. The number of carbonyl (C=O) groups is 1. The molecule has 0 aromatic carbocycles. The number of amides is 1. The van der Waals surface area contributed by atoms with E-state index in [2.05, 4.69) is 6.92 Å². The van der Waals surface area contributed by atoms with Crippen molar-refractivity contribution in [3.63, 3.8) is 0 Å². The molecule has 0 aromatic heterocycles. The molecule has 0 fully saturated rings. The molecule has 0 rings (SSSR count). The Kier molecular flexibility index (Phi) is 7.12. The Morgan fingerprint density at radius 2 is 2.38 bits per heavy atom. The minimum atomic E-state index is -0.0452. The molecule has 0 aliphatic carbocycles. The van der Waals surface area contributed by atoms with E-state index in [4.69, 9.17) is 5.26 Å². The van der Waals surface area contributed by atoms with Crippen LogP contribution in [0.5, 0.6) is 0 Å². The topological polar surface area (TPSA) is 44.1 Å². The molecule has 0 aliphatic rings. The Labute approximate surface area is 83.4 Å². The fourth-order valence-corrected chi connectivity index (χ4v) is 1.00. The van der Waals surface area contributed by atoms with Gasteiger partial charge in [0.05, 0.1) is 0 Å². The number of thiocyanates is 1. The van der Waals surface area contributed by atoms with Gasteiger partial charge in [-0.2, -0.15) is 5.26 Å². The monoisotopic (exact) mass is 198 g/mol. The molecule has 3 nitrogen and oxygen atoms in total. The summed E-state index contributed by atoms with van der Waals surface area (Å²) in [5, 5.41) is 11.6. The fourth-order valence-electron chi connectivity index (χ4n) is 0.755. The Morgan fingerprint density at radius 3 is 2.92 bits per heavy atom. The molecule has 0 atom stereocenters. The molecule has 0 saturated carbocycles. The van der Waals surface area contributed by atoms with E-state index in [0.717, 1.165) is 31.1 Å². The minimum Gasteiger partial charge on any atom is -0.342 e. The van der Waals surface area contributed by atoms with Crippen LogP contribution in [0.25, 0.3) is 0 Å². The lowest BCUT2D eigenvalue weighted by Crippen LogP contribution is -2.25. The van der Waals surface area contributed by atoms with Gasteiger partial charge in [-0.05, 0) is 23.6 Å². The van der Waals surface area contributed by atoms with Crippen LogP contribution < -0.4 is 0 Å². The van der Waals surface area contributed by atoms with E-state index in [-0.39, 0.29) is 5.91 Å². The van der Waals surface area contributed by atoms with Crippen LogP contribution in [-0.4, -0.2) is 24.4 Å². The number of unbranched alkanes of at least 4 members (excludes halogenated alkanes) is 1. The molecule has 4 heteroatoms. The zero-order valence-corrected chi connectivity index (χ0v) is 8.80. The Hall–Kier alpha value is -0.950. The Balaban J connectivity index is 3.76. The number of carbonyl (C=O) groups excluding carboxylic acids is 1. The third-order valence-corrected chi connectivity index (χ3v) is 1.93. The predicted molar refractivity (Wildman–Crippen MR) is 54.9 cm³/mol. The van der Waals surface area contributed by atoms with Gasteiger partial charge in [0, 0.05) is 19.7 Å². The first-order valence-corrected chi connectivity index (χ1v) is 5.06. The van der Waals surface area contributed by atoms with Crippen molar-refractivity contribution in [1.29, 1.82) is 5.26 Å². The molecule has 0 saturated heterocycles. The lowest BCUT2D eigenvalue weighted by Gasteiger charge is -2.13. The molecule has 0 radical (unpaired) electrons. The summed E-state index contributed by atoms with van der Waals surface area (Å²) < 4.78 is 0. The SMILES string of the molecule is CCCCN(C)C(=O)C=CSC#N. The highest BCUT2D eigenvalue weighted by Crippen LogP contribution is 1.99. The van der Waals surface area contributed by atoms with E-state index >= 15 is 0 Å². The molecule has 0 heterocycles. The van der Waals surface area contributed by atoms with Gasteiger partial charge in [-0.3, -0.25) is 4.79 Å². The Morgan fingerprint density at radius 1 is 1.69 bits per heavy atom. The number of thioether (sulfide) groups is 1. The van der Waals surface area contributed by atoms with Crippen LogP contribution in [0.15, 0.2) is 11.5 Å². The molecular weight excluding hydrogens is 184 g/mol. The minimum absolute atomic E-state index is 0.0452. The van der Waals surface area contributed by atoms with Crippen LogP contribution in [0.1, 0.15) is 19.8 Å². The number of rotatable bonds is 5. The lowest BCUT2D eigenvalue weighted by molar-refractivity contribution is -0.124. The Bertz CT molecular complexity index is 220. The average Bonchev–Trinajstić information content (AvgIpc) is 2.14. The van der Waals surface area contributed by atoms with E-state index < -0.39 is 0 Å². The molecule has 0 aliphatic heterocycles. The molecule has 72 valence electrons. The standard InChI is InChI=1S/C9H14N2OS/c1-3-4-6-11(2)9(12)5-7-13-8-10/h5,7H,3-4,6H2,1-2H3. The summed E-state index contributed by atoms with van der Waals surface area (Å²) >= 11 is 0.955. The quantitative estimate of drug-likeness (QED) is 0.501. The van der Waals surface area contributed by atoms with Crippen molar-refractivity contribution in [2.75, 3.05) is 13.6 Å². The summed E-state index contributed by atoms with van der Waals surface area (Å²) in [7, 11) is 1.76. The van der Waals surface area contributed by atoms with Gasteiger partial charge in [-0.1, -0.05) is 13.3 Å². The van der Waals surface area contributed by atoms with E-state index in [0.29, 0.717) is 0 Å². The summed E-state index contributed by atoms with van der Waals surface area (Å²) in [4.78, 5) is 12.9. The van der Waals surface area contributed by atoms with Gasteiger partial charge in [0.25, 0.3) is 0 Å². The number of hydrogen-bond acceptors (Lipinski definition) is 3. The van der Waals surface area contributed by atoms with Crippen LogP contribution in [0.2, 0.25) is 0 Å². The maximum Gasteiger partial charge on any atom is 0.246 e. The molecular formula is C9H14N2OS. The van der Waals surface area contributed by atoms with Gasteiger partial charge in [0.2, 0.25) is 5.91 Å². The largest absolute Gasteiger partial charge is 0.342 e. The van der Waals surface area contributed by atoms with Crippen molar-refractivity contribution in [3.05, 3.63) is 11.5 Å². The van der Waals surface area contributed by atoms with Gasteiger partial charge >= 0.3 is 0 Å². The normalized spacial score (nSPS) is 9.92. The maximum atomic E-state index is 11.2. The summed E-state index contributed by atoms with van der Waals surface area (Å²) in [5.41, 5.74) is 0. The fraction of sp³-hybridized carbons (Fsp3) is 0.556. The van der Waals surface area contributed by atoms with Gasteiger partial charge in [-0.15, -0.1) is 0 Å². The highest BCUT2D eigenvalue weighted by atomic mass is 32.2. The smallest absolute Gasteiger partial charge is 0.246 e. The first kappa shape index (κ1) is 12.0. The van der Waals surface area contributed by atoms with E-state index in [1.165, 1.54) is 11.5 Å². The number of likely N-dealkylation sites (N-methyl/N-ethyl adjacent to an activating group) is 1. The van der Waals surface area contributed by atoms with Gasteiger partial charge in [0.1, 0.15) is 5.40 Å². The summed E-state index contributed by atoms with van der Waals surface area (Å²) in [6.07, 6.45) is 3.51. The van der Waals surface area contributed by atoms with Gasteiger partial charge in [-0.25, -0.2) is 0 Å². The van der Waals surface area contributed by atoms with Crippen LogP contribution in [0.3, 0.4) is 0 Å².